The topological polar surface area (TPSA) is 54.3 Å². The molecule has 0 saturated heterocycles. The predicted octanol–water partition coefficient (Wildman–Crippen LogP) is 2.11. The zero-order chi connectivity index (χ0) is 13.1. The number of ether oxygens (including phenoxy) is 2. The minimum absolute atomic E-state index is 0.0847. The fourth-order valence-electron chi connectivity index (χ4n) is 1.57. The Kier molecular flexibility index (Phi) is 7.61. The molecule has 1 aromatic carbocycles. The van der Waals surface area contributed by atoms with Crippen molar-refractivity contribution in [3.63, 3.8) is 0 Å². The smallest absolute Gasteiger partial charge is 0.174 e. The number of para-hydroxylation sites is 1. The van der Waals surface area contributed by atoms with E-state index in [-0.39, 0.29) is 6.61 Å². The van der Waals surface area contributed by atoms with Crippen molar-refractivity contribution in [2.24, 2.45) is 0 Å². The van der Waals surface area contributed by atoms with Crippen molar-refractivity contribution in [2.75, 3.05) is 26.4 Å². The Morgan fingerprint density at radius 1 is 1.33 bits per heavy atom. The third kappa shape index (κ3) is 5.67. The average molecular weight is 248 g/mol. The van der Waals surface area contributed by atoms with Gasteiger partial charge in [0.05, 0.1) is 0 Å². The largest absolute Gasteiger partial charge is 0.478 e. The van der Waals surface area contributed by atoms with Crippen LogP contribution < -0.4 is 10.1 Å². The number of nitriles is 1. The third-order valence-corrected chi connectivity index (χ3v) is 2.43. The minimum atomic E-state index is 0.0847. The molecule has 4 nitrogen and oxygen atoms in total. The summed E-state index contributed by atoms with van der Waals surface area (Å²) in [4.78, 5) is 0. The lowest BCUT2D eigenvalue weighted by Gasteiger charge is -2.10. The van der Waals surface area contributed by atoms with E-state index in [0.717, 1.165) is 44.0 Å². The zero-order valence-electron chi connectivity index (χ0n) is 10.8. The van der Waals surface area contributed by atoms with Crippen molar-refractivity contribution in [2.45, 2.75) is 19.9 Å². The first kappa shape index (κ1) is 14.5. The minimum Gasteiger partial charge on any atom is -0.478 e. The fourth-order valence-corrected chi connectivity index (χ4v) is 1.57. The zero-order valence-corrected chi connectivity index (χ0v) is 10.8. The van der Waals surface area contributed by atoms with Crippen molar-refractivity contribution < 1.29 is 9.47 Å². The van der Waals surface area contributed by atoms with Crippen LogP contribution >= 0.6 is 0 Å². The van der Waals surface area contributed by atoms with Crippen molar-refractivity contribution >= 4 is 0 Å². The summed E-state index contributed by atoms with van der Waals surface area (Å²) in [6.45, 7) is 5.29. The maximum Gasteiger partial charge on any atom is 0.174 e. The molecule has 18 heavy (non-hydrogen) atoms. The summed E-state index contributed by atoms with van der Waals surface area (Å²) in [5.74, 6) is 0.774. The number of rotatable bonds is 9. The highest BCUT2D eigenvalue weighted by atomic mass is 16.5. The van der Waals surface area contributed by atoms with E-state index >= 15 is 0 Å². The van der Waals surface area contributed by atoms with Gasteiger partial charge in [0.1, 0.15) is 11.8 Å². The van der Waals surface area contributed by atoms with Crippen molar-refractivity contribution in [3.05, 3.63) is 29.8 Å². The van der Waals surface area contributed by atoms with Gasteiger partial charge < -0.3 is 14.8 Å². The first-order valence-electron chi connectivity index (χ1n) is 6.24. The van der Waals surface area contributed by atoms with Gasteiger partial charge in [-0.3, -0.25) is 0 Å². The lowest BCUT2D eigenvalue weighted by atomic mass is 10.2. The lowest BCUT2D eigenvalue weighted by Crippen LogP contribution is -2.17. The third-order valence-electron chi connectivity index (χ3n) is 2.43. The van der Waals surface area contributed by atoms with Gasteiger partial charge in [-0.25, -0.2) is 0 Å². The van der Waals surface area contributed by atoms with Gasteiger partial charge in [-0.1, -0.05) is 18.2 Å². The maximum atomic E-state index is 8.51. The molecule has 0 saturated carbocycles. The van der Waals surface area contributed by atoms with E-state index in [1.165, 1.54) is 0 Å². The van der Waals surface area contributed by atoms with E-state index in [2.05, 4.69) is 5.32 Å². The SMILES string of the molecule is CCOCCCNCc1ccccc1OCC#N. The van der Waals surface area contributed by atoms with Gasteiger partial charge in [0.2, 0.25) is 0 Å². The first-order valence-corrected chi connectivity index (χ1v) is 6.24. The Bertz CT molecular complexity index is 374. The molecule has 0 atom stereocenters. The summed E-state index contributed by atoms with van der Waals surface area (Å²) in [5, 5.41) is 11.8. The van der Waals surface area contributed by atoms with Crippen LogP contribution in [0.3, 0.4) is 0 Å². The lowest BCUT2D eigenvalue weighted by molar-refractivity contribution is 0.144. The van der Waals surface area contributed by atoms with Gasteiger partial charge in [0, 0.05) is 25.3 Å². The molecule has 0 fully saturated rings. The van der Waals surface area contributed by atoms with Gasteiger partial charge >= 0.3 is 0 Å². The number of hydrogen-bond acceptors (Lipinski definition) is 4. The Morgan fingerprint density at radius 3 is 2.94 bits per heavy atom. The molecule has 1 N–H and O–H groups in total. The molecule has 1 aromatic rings. The molecule has 4 heteroatoms. The number of nitrogens with zero attached hydrogens (tertiary/aromatic N) is 1. The summed E-state index contributed by atoms with van der Waals surface area (Å²) < 4.78 is 10.6. The Labute approximate surface area is 109 Å². The van der Waals surface area contributed by atoms with Crippen LogP contribution in [0.15, 0.2) is 24.3 Å². The highest BCUT2D eigenvalue weighted by molar-refractivity contribution is 5.33. The molecule has 0 spiro atoms. The second kappa shape index (κ2) is 9.46. The highest BCUT2D eigenvalue weighted by Crippen LogP contribution is 2.17. The molecule has 0 bridgehead atoms. The van der Waals surface area contributed by atoms with E-state index in [4.69, 9.17) is 14.7 Å². The van der Waals surface area contributed by atoms with E-state index in [1.807, 2.05) is 37.3 Å². The molecule has 0 aromatic heterocycles. The second-order valence-corrected chi connectivity index (χ2v) is 3.78. The van der Waals surface area contributed by atoms with Crippen molar-refractivity contribution in [1.29, 1.82) is 5.26 Å². The highest BCUT2D eigenvalue weighted by Gasteiger charge is 2.01. The van der Waals surface area contributed by atoms with Crippen LogP contribution in [-0.4, -0.2) is 26.4 Å². The second-order valence-electron chi connectivity index (χ2n) is 3.78. The molecule has 0 aliphatic heterocycles. The van der Waals surface area contributed by atoms with Crippen molar-refractivity contribution in [3.8, 4) is 11.8 Å². The number of hydrogen-bond donors (Lipinski definition) is 1. The molecule has 0 radical (unpaired) electrons. The Hall–Kier alpha value is -1.57. The Morgan fingerprint density at radius 2 is 2.17 bits per heavy atom. The predicted molar refractivity (Wildman–Crippen MR) is 70.4 cm³/mol. The van der Waals surface area contributed by atoms with E-state index in [9.17, 15) is 0 Å². The Balaban J connectivity index is 2.30. The normalized spacial score (nSPS) is 10.0. The van der Waals surface area contributed by atoms with E-state index in [1.54, 1.807) is 0 Å². The van der Waals surface area contributed by atoms with Crippen LogP contribution in [0.4, 0.5) is 0 Å². The summed E-state index contributed by atoms with van der Waals surface area (Å²) in [5.41, 5.74) is 1.07. The van der Waals surface area contributed by atoms with Gasteiger partial charge in [-0.05, 0) is 26.0 Å². The molecule has 0 aliphatic rings. The van der Waals surface area contributed by atoms with Gasteiger partial charge in [0.25, 0.3) is 0 Å². The fraction of sp³-hybridized carbons (Fsp3) is 0.500. The van der Waals surface area contributed by atoms with E-state index in [0.29, 0.717) is 0 Å². The maximum absolute atomic E-state index is 8.51. The summed E-state index contributed by atoms with van der Waals surface area (Å²) in [6.07, 6.45) is 0.995. The van der Waals surface area contributed by atoms with Gasteiger partial charge in [-0.2, -0.15) is 5.26 Å². The molecular formula is C14H20N2O2. The monoisotopic (exact) mass is 248 g/mol. The molecule has 0 unspecified atom stereocenters. The van der Waals surface area contributed by atoms with Crippen LogP contribution in [0.5, 0.6) is 5.75 Å². The number of benzene rings is 1. The summed E-state index contributed by atoms with van der Waals surface area (Å²) >= 11 is 0. The van der Waals surface area contributed by atoms with Crippen LogP contribution in [-0.2, 0) is 11.3 Å². The average Bonchev–Trinajstić information content (AvgIpc) is 2.41. The number of nitrogens with one attached hydrogen (secondary N) is 1. The molecule has 0 amide bonds. The van der Waals surface area contributed by atoms with Crippen LogP contribution in [0, 0.1) is 11.3 Å². The van der Waals surface area contributed by atoms with Crippen LogP contribution in [0.25, 0.3) is 0 Å². The molecule has 0 heterocycles. The molecule has 0 aliphatic carbocycles. The summed E-state index contributed by atoms with van der Waals surface area (Å²) in [7, 11) is 0. The van der Waals surface area contributed by atoms with Gasteiger partial charge in [-0.15, -0.1) is 0 Å². The van der Waals surface area contributed by atoms with Gasteiger partial charge in [0.15, 0.2) is 6.61 Å². The van der Waals surface area contributed by atoms with Crippen LogP contribution in [0.1, 0.15) is 18.9 Å². The van der Waals surface area contributed by atoms with Crippen LogP contribution in [0.2, 0.25) is 0 Å². The quantitative estimate of drug-likeness (QED) is 0.680. The first-order chi connectivity index (χ1) is 8.88. The molecule has 1 rings (SSSR count). The standard InChI is InChI=1S/C14H20N2O2/c1-2-17-10-5-9-16-12-13-6-3-4-7-14(13)18-11-8-15/h3-4,6-7,16H,2,5,9-12H2,1H3. The molecular weight excluding hydrogens is 228 g/mol. The summed E-state index contributed by atoms with van der Waals surface area (Å²) in [6, 6.07) is 9.74. The van der Waals surface area contributed by atoms with E-state index < -0.39 is 0 Å². The molecule has 98 valence electrons. The van der Waals surface area contributed by atoms with Crippen molar-refractivity contribution in [1.82, 2.24) is 5.32 Å².